The highest BCUT2D eigenvalue weighted by atomic mass is 79.9. The molecule has 2 aromatic carbocycles. The van der Waals surface area contributed by atoms with Crippen LogP contribution in [-0.4, -0.2) is 21.4 Å². The van der Waals surface area contributed by atoms with Crippen LogP contribution in [0.3, 0.4) is 0 Å². The van der Waals surface area contributed by atoms with Gasteiger partial charge in [-0.25, -0.2) is 0 Å². The van der Waals surface area contributed by atoms with Crippen molar-refractivity contribution in [2.45, 2.75) is 36.7 Å². The molecule has 0 spiro atoms. The van der Waals surface area contributed by atoms with Gasteiger partial charge < -0.3 is 9.73 Å². The Balaban J connectivity index is 1.57. The molecule has 0 radical (unpaired) electrons. The Hall–Kier alpha value is -2.12. The number of hydrogen-bond acceptors (Lipinski definition) is 5. The van der Waals surface area contributed by atoms with Gasteiger partial charge in [0.1, 0.15) is 0 Å². The smallest absolute Gasteiger partial charge is 0.277 e. The van der Waals surface area contributed by atoms with Crippen LogP contribution >= 0.6 is 27.7 Å². The van der Waals surface area contributed by atoms with Gasteiger partial charge in [0.15, 0.2) is 0 Å². The standard InChI is InChI=1S/C20H20BrN3O2S/c1-13(15-8-4-3-5-9-15)12-18-23-24-20(26-18)27-14(2)19(25)22-17-11-7-6-10-16(17)21/h3-11,13-14H,12H2,1-2H3,(H,22,25). The molecule has 140 valence electrons. The minimum atomic E-state index is -0.364. The first-order chi connectivity index (χ1) is 13.0. The maximum absolute atomic E-state index is 12.4. The third-order valence-corrected chi connectivity index (χ3v) is 5.70. The molecule has 0 aliphatic carbocycles. The summed E-state index contributed by atoms with van der Waals surface area (Å²) in [5.74, 6) is 0.734. The van der Waals surface area contributed by atoms with Crippen LogP contribution in [0.25, 0.3) is 0 Å². The van der Waals surface area contributed by atoms with Crippen LogP contribution in [-0.2, 0) is 11.2 Å². The Bertz CT molecular complexity index is 901. The molecule has 1 N–H and O–H groups in total. The number of aromatic nitrogens is 2. The molecule has 1 amide bonds. The van der Waals surface area contributed by atoms with E-state index in [-0.39, 0.29) is 17.1 Å². The maximum Gasteiger partial charge on any atom is 0.277 e. The number of carbonyl (C=O) groups is 1. The normalized spacial score (nSPS) is 13.1. The summed E-state index contributed by atoms with van der Waals surface area (Å²) in [4.78, 5) is 12.4. The number of nitrogens with one attached hydrogen (secondary N) is 1. The van der Waals surface area contributed by atoms with E-state index in [2.05, 4.69) is 50.5 Å². The molecule has 1 aromatic heterocycles. The van der Waals surface area contributed by atoms with Crippen LogP contribution in [0.5, 0.6) is 0 Å². The third-order valence-electron chi connectivity index (χ3n) is 4.08. The number of rotatable bonds is 7. The fraction of sp³-hybridized carbons (Fsp3) is 0.250. The number of halogens is 1. The SMILES string of the molecule is CC(Sc1nnc(CC(C)c2ccccc2)o1)C(=O)Nc1ccccc1Br. The average molecular weight is 446 g/mol. The molecule has 0 fully saturated rings. The molecule has 0 saturated heterocycles. The van der Waals surface area contributed by atoms with Crippen molar-refractivity contribution in [1.29, 1.82) is 0 Å². The van der Waals surface area contributed by atoms with Crippen molar-refractivity contribution in [3.05, 3.63) is 70.5 Å². The van der Waals surface area contributed by atoms with Crippen molar-refractivity contribution in [1.82, 2.24) is 10.2 Å². The molecule has 27 heavy (non-hydrogen) atoms. The molecule has 0 aliphatic rings. The lowest BCUT2D eigenvalue weighted by atomic mass is 9.98. The fourth-order valence-electron chi connectivity index (χ4n) is 2.53. The summed E-state index contributed by atoms with van der Waals surface area (Å²) in [5.41, 5.74) is 1.96. The van der Waals surface area contributed by atoms with Crippen molar-refractivity contribution >= 4 is 39.3 Å². The summed E-state index contributed by atoms with van der Waals surface area (Å²) in [5, 5.41) is 11.1. The largest absolute Gasteiger partial charge is 0.416 e. The zero-order valence-corrected chi connectivity index (χ0v) is 17.5. The Morgan fingerprint density at radius 3 is 2.56 bits per heavy atom. The van der Waals surface area contributed by atoms with Gasteiger partial charge in [0.2, 0.25) is 11.8 Å². The Kier molecular flexibility index (Phi) is 6.68. The van der Waals surface area contributed by atoms with E-state index in [0.717, 1.165) is 10.2 Å². The van der Waals surface area contributed by atoms with Crippen molar-refractivity contribution in [2.75, 3.05) is 5.32 Å². The Labute approximate surface area is 171 Å². The zero-order valence-electron chi connectivity index (χ0n) is 15.1. The summed E-state index contributed by atoms with van der Waals surface area (Å²) in [6.45, 7) is 3.94. The number of nitrogens with zero attached hydrogens (tertiary/aromatic N) is 2. The van der Waals surface area contributed by atoms with Gasteiger partial charge in [-0.05, 0) is 46.5 Å². The number of thioether (sulfide) groups is 1. The number of anilines is 1. The molecule has 0 bridgehead atoms. The Morgan fingerprint density at radius 2 is 1.81 bits per heavy atom. The van der Waals surface area contributed by atoms with Crippen LogP contribution in [0, 0.1) is 0 Å². The van der Waals surface area contributed by atoms with E-state index in [1.165, 1.54) is 17.3 Å². The maximum atomic E-state index is 12.4. The first kappa shape index (κ1) is 19.6. The van der Waals surface area contributed by atoms with Gasteiger partial charge in [-0.2, -0.15) is 0 Å². The van der Waals surface area contributed by atoms with Gasteiger partial charge in [0.05, 0.1) is 10.9 Å². The molecular weight excluding hydrogens is 426 g/mol. The number of amides is 1. The molecule has 0 saturated carbocycles. The lowest BCUT2D eigenvalue weighted by Crippen LogP contribution is -2.22. The quantitative estimate of drug-likeness (QED) is 0.499. The fourth-order valence-corrected chi connectivity index (χ4v) is 3.62. The van der Waals surface area contributed by atoms with Crippen molar-refractivity contribution in [3.63, 3.8) is 0 Å². The first-order valence-electron chi connectivity index (χ1n) is 8.62. The molecule has 3 rings (SSSR count). The second-order valence-electron chi connectivity index (χ2n) is 6.21. The lowest BCUT2D eigenvalue weighted by molar-refractivity contribution is -0.115. The van der Waals surface area contributed by atoms with Crippen molar-refractivity contribution in [3.8, 4) is 0 Å². The summed E-state index contributed by atoms with van der Waals surface area (Å²) in [7, 11) is 0. The van der Waals surface area contributed by atoms with Crippen molar-refractivity contribution < 1.29 is 9.21 Å². The molecule has 2 unspecified atom stereocenters. The monoisotopic (exact) mass is 445 g/mol. The number of hydrogen-bond donors (Lipinski definition) is 1. The van der Waals surface area contributed by atoms with Crippen LogP contribution in [0.4, 0.5) is 5.69 Å². The molecule has 3 aromatic rings. The van der Waals surface area contributed by atoms with Crippen LogP contribution < -0.4 is 5.32 Å². The van der Waals surface area contributed by atoms with Gasteiger partial charge in [-0.15, -0.1) is 10.2 Å². The van der Waals surface area contributed by atoms with E-state index in [1.54, 1.807) is 0 Å². The van der Waals surface area contributed by atoms with Gasteiger partial charge in [-0.3, -0.25) is 4.79 Å². The van der Waals surface area contributed by atoms with E-state index in [4.69, 9.17) is 4.42 Å². The molecule has 2 atom stereocenters. The highest BCUT2D eigenvalue weighted by Crippen LogP contribution is 2.27. The predicted octanol–water partition coefficient (Wildman–Crippen LogP) is 5.30. The zero-order chi connectivity index (χ0) is 19.2. The summed E-state index contributed by atoms with van der Waals surface area (Å²) < 4.78 is 6.56. The molecule has 0 aliphatic heterocycles. The van der Waals surface area contributed by atoms with Gasteiger partial charge >= 0.3 is 0 Å². The van der Waals surface area contributed by atoms with Crippen LogP contribution in [0.2, 0.25) is 0 Å². The minimum absolute atomic E-state index is 0.121. The van der Waals surface area contributed by atoms with E-state index < -0.39 is 0 Å². The first-order valence-corrected chi connectivity index (χ1v) is 10.3. The Morgan fingerprint density at radius 1 is 1.11 bits per heavy atom. The summed E-state index contributed by atoms with van der Waals surface area (Å²) in [6, 6.07) is 17.7. The number of para-hydroxylation sites is 1. The van der Waals surface area contributed by atoms with Crippen LogP contribution in [0.1, 0.15) is 31.2 Å². The third kappa shape index (κ3) is 5.43. The number of carbonyl (C=O) groups excluding carboxylic acids is 1. The number of benzene rings is 2. The summed E-state index contributed by atoms with van der Waals surface area (Å²) in [6.07, 6.45) is 0.662. The highest BCUT2D eigenvalue weighted by Gasteiger charge is 2.20. The molecule has 7 heteroatoms. The predicted molar refractivity (Wildman–Crippen MR) is 111 cm³/mol. The average Bonchev–Trinajstić information content (AvgIpc) is 3.11. The second-order valence-corrected chi connectivity index (χ2v) is 8.35. The van der Waals surface area contributed by atoms with Gasteiger partial charge in [0.25, 0.3) is 5.22 Å². The summed E-state index contributed by atoms with van der Waals surface area (Å²) >= 11 is 4.68. The van der Waals surface area contributed by atoms with E-state index in [1.807, 2.05) is 49.4 Å². The van der Waals surface area contributed by atoms with E-state index >= 15 is 0 Å². The molecular formula is C20H20BrN3O2S. The highest BCUT2D eigenvalue weighted by molar-refractivity contribution is 9.10. The van der Waals surface area contributed by atoms with Gasteiger partial charge in [0, 0.05) is 10.9 Å². The lowest BCUT2D eigenvalue weighted by Gasteiger charge is -2.11. The topological polar surface area (TPSA) is 68.0 Å². The van der Waals surface area contributed by atoms with E-state index in [0.29, 0.717) is 17.5 Å². The van der Waals surface area contributed by atoms with Gasteiger partial charge in [-0.1, -0.05) is 61.2 Å². The minimum Gasteiger partial charge on any atom is -0.416 e. The van der Waals surface area contributed by atoms with E-state index in [9.17, 15) is 4.79 Å². The molecule has 1 heterocycles. The van der Waals surface area contributed by atoms with Crippen molar-refractivity contribution in [2.24, 2.45) is 0 Å². The second kappa shape index (κ2) is 9.19. The van der Waals surface area contributed by atoms with Crippen LogP contribution in [0.15, 0.2) is 68.7 Å². The molecule has 5 nitrogen and oxygen atoms in total.